The Morgan fingerprint density at radius 3 is 2.82 bits per heavy atom. The van der Waals surface area contributed by atoms with Crippen LogP contribution in [0.4, 0.5) is 0 Å². The Balaban J connectivity index is 2.27. The number of carbonyl (C=O) groups is 1. The van der Waals surface area contributed by atoms with Crippen molar-refractivity contribution in [2.75, 3.05) is 59.1 Å². The Morgan fingerprint density at radius 2 is 2.12 bits per heavy atom. The van der Waals surface area contributed by atoms with Gasteiger partial charge in [0.15, 0.2) is 0 Å². The average molecular weight is 245 g/mol. The Morgan fingerprint density at radius 1 is 1.29 bits per heavy atom. The van der Waals surface area contributed by atoms with E-state index in [4.69, 9.17) is 15.6 Å². The van der Waals surface area contributed by atoms with E-state index in [1.54, 1.807) is 0 Å². The van der Waals surface area contributed by atoms with E-state index < -0.39 is 0 Å². The molecule has 1 saturated heterocycles. The highest BCUT2D eigenvalue weighted by atomic mass is 16.5. The lowest BCUT2D eigenvalue weighted by molar-refractivity contribution is -0.135. The van der Waals surface area contributed by atoms with Crippen molar-refractivity contribution in [3.05, 3.63) is 0 Å². The molecule has 6 heteroatoms. The highest BCUT2D eigenvalue weighted by molar-refractivity contribution is 5.77. The number of nitrogens with zero attached hydrogens (tertiary/aromatic N) is 2. The number of amides is 1. The first-order chi connectivity index (χ1) is 8.27. The Hall–Kier alpha value is -0.690. The third kappa shape index (κ3) is 5.45. The Labute approximate surface area is 102 Å². The van der Waals surface area contributed by atoms with Crippen molar-refractivity contribution >= 4 is 5.91 Å². The summed E-state index contributed by atoms with van der Waals surface area (Å²) in [7, 11) is 0. The van der Waals surface area contributed by atoms with E-state index >= 15 is 0 Å². The van der Waals surface area contributed by atoms with Crippen LogP contribution >= 0.6 is 0 Å². The number of ether oxygens (including phenoxy) is 1. The Bertz CT molecular complexity index is 226. The number of hydrogen-bond donors (Lipinski definition) is 2. The summed E-state index contributed by atoms with van der Waals surface area (Å²) in [6.07, 6.45) is 0.947. The zero-order chi connectivity index (χ0) is 12.5. The summed E-state index contributed by atoms with van der Waals surface area (Å²) >= 11 is 0. The summed E-state index contributed by atoms with van der Waals surface area (Å²) in [5.74, 6) is 0.0318. The molecule has 1 rings (SSSR count). The Kier molecular flexibility index (Phi) is 7.11. The largest absolute Gasteiger partial charge is 0.395 e. The molecule has 17 heavy (non-hydrogen) atoms. The molecule has 1 amide bonds. The van der Waals surface area contributed by atoms with Gasteiger partial charge in [0.05, 0.1) is 13.2 Å². The van der Waals surface area contributed by atoms with Crippen LogP contribution in [-0.2, 0) is 9.53 Å². The minimum atomic E-state index is 0.0318. The van der Waals surface area contributed by atoms with Gasteiger partial charge in [-0.3, -0.25) is 9.69 Å². The second-order valence-electron chi connectivity index (χ2n) is 4.14. The monoisotopic (exact) mass is 245 g/mol. The molecule has 0 aromatic rings. The normalized spacial score (nSPS) is 18.1. The van der Waals surface area contributed by atoms with E-state index in [0.29, 0.717) is 26.2 Å². The van der Waals surface area contributed by atoms with Crippen LogP contribution in [0.3, 0.4) is 0 Å². The van der Waals surface area contributed by atoms with E-state index in [1.807, 2.05) is 4.90 Å². The third-order valence-corrected chi connectivity index (χ3v) is 2.85. The molecule has 0 radical (unpaired) electrons. The number of nitrogens with two attached hydrogens (primary N) is 1. The molecular formula is C11H23N3O3. The molecule has 0 aromatic carbocycles. The van der Waals surface area contributed by atoms with Gasteiger partial charge in [0.2, 0.25) is 5.91 Å². The van der Waals surface area contributed by atoms with Crippen molar-refractivity contribution in [2.24, 2.45) is 5.73 Å². The van der Waals surface area contributed by atoms with E-state index in [9.17, 15) is 4.79 Å². The summed E-state index contributed by atoms with van der Waals surface area (Å²) in [5.41, 5.74) is 5.29. The van der Waals surface area contributed by atoms with Gasteiger partial charge >= 0.3 is 0 Å². The van der Waals surface area contributed by atoms with Crippen LogP contribution in [0.1, 0.15) is 6.42 Å². The van der Waals surface area contributed by atoms with Crippen molar-refractivity contribution in [3.8, 4) is 0 Å². The lowest BCUT2D eigenvalue weighted by atomic mass is 10.4. The van der Waals surface area contributed by atoms with Gasteiger partial charge in [0.1, 0.15) is 6.61 Å². The fraction of sp³-hybridized carbons (Fsp3) is 0.909. The molecule has 0 unspecified atom stereocenters. The molecule has 0 atom stereocenters. The molecule has 1 fully saturated rings. The van der Waals surface area contributed by atoms with Gasteiger partial charge in [0.25, 0.3) is 0 Å². The highest BCUT2D eigenvalue weighted by Gasteiger charge is 2.18. The molecular weight excluding hydrogens is 222 g/mol. The summed E-state index contributed by atoms with van der Waals surface area (Å²) < 4.78 is 5.14. The van der Waals surface area contributed by atoms with Crippen LogP contribution in [0.15, 0.2) is 0 Å². The van der Waals surface area contributed by atoms with Crippen LogP contribution in [0, 0.1) is 0 Å². The maximum Gasteiger partial charge on any atom is 0.248 e. The molecule has 0 spiro atoms. The van der Waals surface area contributed by atoms with Gasteiger partial charge in [-0.25, -0.2) is 0 Å². The number of aliphatic hydroxyl groups excluding tert-OH is 1. The van der Waals surface area contributed by atoms with Gasteiger partial charge < -0.3 is 20.5 Å². The molecule has 0 bridgehead atoms. The van der Waals surface area contributed by atoms with Gasteiger partial charge in [-0.2, -0.15) is 0 Å². The zero-order valence-corrected chi connectivity index (χ0v) is 10.3. The minimum absolute atomic E-state index is 0.0318. The zero-order valence-electron chi connectivity index (χ0n) is 10.3. The minimum Gasteiger partial charge on any atom is -0.395 e. The summed E-state index contributed by atoms with van der Waals surface area (Å²) in [4.78, 5) is 15.8. The second-order valence-corrected chi connectivity index (χ2v) is 4.14. The number of aliphatic hydroxyl groups is 1. The number of hydrogen-bond acceptors (Lipinski definition) is 5. The molecule has 0 saturated carbocycles. The van der Waals surface area contributed by atoms with Gasteiger partial charge in [-0.15, -0.1) is 0 Å². The van der Waals surface area contributed by atoms with E-state index in [0.717, 1.165) is 26.1 Å². The molecule has 1 heterocycles. The van der Waals surface area contributed by atoms with Crippen LogP contribution in [0.25, 0.3) is 0 Å². The van der Waals surface area contributed by atoms with Crippen LogP contribution < -0.4 is 5.73 Å². The van der Waals surface area contributed by atoms with Gasteiger partial charge in [-0.05, 0) is 13.0 Å². The quantitative estimate of drug-likeness (QED) is 0.556. The van der Waals surface area contributed by atoms with E-state index in [2.05, 4.69) is 4.90 Å². The van der Waals surface area contributed by atoms with Crippen LogP contribution in [0.5, 0.6) is 0 Å². The van der Waals surface area contributed by atoms with E-state index in [-0.39, 0.29) is 19.1 Å². The highest BCUT2D eigenvalue weighted by Crippen LogP contribution is 2.03. The SMILES string of the molecule is NCCOCC(=O)N1CCCN(CCO)CC1. The number of β-amino-alcohol motifs (C(OH)–C–C–N with tert-alkyl or cyclic N) is 1. The molecule has 0 aromatic heterocycles. The van der Waals surface area contributed by atoms with Crippen molar-refractivity contribution < 1.29 is 14.6 Å². The van der Waals surface area contributed by atoms with E-state index in [1.165, 1.54) is 0 Å². The third-order valence-electron chi connectivity index (χ3n) is 2.85. The second kappa shape index (κ2) is 8.41. The summed E-state index contributed by atoms with van der Waals surface area (Å²) in [6, 6.07) is 0. The van der Waals surface area contributed by atoms with Crippen molar-refractivity contribution in [1.82, 2.24) is 9.80 Å². The van der Waals surface area contributed by atoms with Crippen molar-refractivity contribution in [1.29, 1.82) is 0 Å². The fourth-order valence-electron chi connectivity index (χ4n) is 1.92. The van der Waals surface area contributed by atoms with Crippen molar-refractivity contribution in [3.63, 3.8) is 0 Å². The lowest BCUT2D eigenvalue weighted by Crippen LogP contribution is -2.38. The van der Waals surface area contributed by atoms with Gasteiger partial charge in [0, 0.05) is 32.7 Å². The molecule has 100 valence electrons. The standard InChI is InChI=1S/C11H23N3O3/c12-2-9-17-10-11(16)14-4-1-3-13(5-6-14)7-8-15/h15H,1-10,12H2. The maximum atomic E-state index is 11.8. The predicted octanol–water partition coefficient (Wildman–Crippen LogP) is -1.51. The molecule has 1 aliphatic heterocycles. The van der Waals surface area contributed by atoms with Crippen LogP contribution in [-0.4, -0.2) is 79.9 Å². The lowest BCUT2D eigenvalue weighted by Gasteiger charge is -2.21. The molecule has 1 aliphatic rings. The van der Waals surface area contributed by atoms with Crippen molar-refractivity contribution in [2.45, 2.75) is 6.42 Å². The molecule has 0 aliphatic carbocycles. The average Bonchev–Trinajstić information content (AvgIpc) is 2.55. The summed E-state index contributed by atoms with van der Waals surface area (Å²) in [6.45, 7) is 5.10. The number of carbonyl (C=O) groups excluding carboxylic acids is 1. The smallest absolute Gasteiger partial charge is 0.248 e. The topological polar surface area (TPSA) is 79.0 Å². The number of rotatable bonds is 6. The van der Waals surface area contributed by atoms with Gasteiger partial charge in [-0.1, -0.05) is 0 Å². The first-order valence-electron chi connectivity index (χ1n) is 6.16. The first kappa shape index (κ1) is 14.4. The van der Waals surface area contributed by atoms with Crippen LogP contribution in [0.2, 0.25) is 0 Å². The maximum absolute atomic E-state index is 11.8. The molecule has 3 N–H and O–H groups in total. The predicted molar refractivity (Wildman–Crippen MR) is 64.6 cm³/mol. The fourth-order valence-corrected chi connectivity index (χ4v) is 1.92. The first-order valence-corrected chi connectivity index (χ1v) is 6.16. The summed E-state index contributed by atoms with van der Waals surface area (Å²) in [5, 5.41) is 8.87. The molecule has 6 nitrogen and oxygen atoms in total.